The molecular weight excluding hydrogens is 318 g/mol. The summed E-state index contributed by atoms with van der Waals surface area (Å²) in [6.45, 7) is 1.71. The predicted molar refractivity (Wildman–Crippen MR) is 83.7 cm³/mol. The van der Waals surface area contributed by atoms with Gasteiger partial charge in [0.2, 0.25) is 0 Å². The van der Waals surface area contributed by atoms with Crippen LogP contribution in [0.4, 0.5) is 5.69 Å². The van der Waals surface area contributed by atoms with Gasteiger partial charge in [0.1, 0.15) is 5.75 Å². The Morgan fingerprint density at radius 3 is 2.65 bits per heavy atom. The van der Waals surface area contributed by atoms with Gasteiger partial charge in [-0.3, -0.25) is 8.98 Å². The lowest BCUT2D eigenvalue weighted by Gasteiger charge is -2.18. The minimum absolute atomic E-state index is 0.0566. The summed E-state index contributed by atoms with van der Waals surface area (Å²) < 4.78 is 34.6. The highest BCUT2D eigenvalue weighted by Gasteiger charge is 2.18. The van der Waals surface area contributed by atoms with Gasteiger partial charge < -0.3 is 10.1 Å². The van der Waals surface area contributed by atoms with Crippen LogP contribution in [0.1, 0.15) is 11.1 Å². The number of anilines is 1. The Bertz CT molecular complexity index is 843. The third kappa shape index (κ3) is 3.52. The van der Waals surface area contributed by atoms with Crippen LogP contribution in [-0.4, -0.2) is 20.9 Å². The zero-order chi connectivity index (χ0) is 16.4. The molecule has 1 aliphatic heterocycles. The van der Waals surface area contributed by atoms with Crippen molar-refractivity contribution < 1.29 is 22.1 Å². The summed E-state index contributed by atoms with van der Waals surface area (Å²) in [7, 11) is -3.82. The van der Waals surface area contributed by atoms with E-state index in [1.807, 2.05) is 6.92 Å². The number of benzene rings is 2. The van der Waals surface area contributed by atoms with Crippen molar-refractivity contribution in [2.45, 2.75) is 18.4 Å². The number of ether oxygens (including phenoxy) is 1. The van der Waals surface area contributed by atoms with E-state index in [0.717, 1.165) is 5.56 Å². The molecule has 3 rings (SSSR count). The lowest BCUT2D eigenvalue weighted by atomic mass is 10.2. The highest BCUT2D eigenvalue weighted by atomic mass is 32.2. The lowest BCUT2D eigenvalue weighted by Crippen LogP contribution is -2.25. The number of aryl methyl sites for hydroxylation is 1. The number of amides is 1. The molecule has 2 aromatic carbocycles. The first-order chi connectivity index (χ1) is 10.9. The molecule has 0 unspecified atom stereocenters. The van der Waals surface area contributed by atoms with Crippen LogP contribution in [0.3, 0.4) is 0 Å². The molecule has 0 fully saturated rings. The average molecular weight is 333 g/mol. The monoisotopic (exact) mass is 333 g/mol. The first-order valence-corrected chi connectivity index (χ1v) is 8.36. The molecule has 0 atom stereocenters. The summed E-state index contributed by atoms with van der Waals surface area (Å²) in [5.41, 5.74) is 2.17. The topological polar surface area (TPSA) is 81.7 Å². The molecule has 0 saturated carbocycles. The summed E-state index contributed by atoms with van der Waals surface area (Å²) in [5, 5.41) is 2.67. The fourth-order valence-corrected chi connectivity index (χ4v) is 3.02. The zero-order valence-electron chi connectivity index (χ0n) is 12.4. The van der Waals surface area contributed by atoms with E-state index in [9.17, 15) is 13.2 Å². The van der Waals surface area contributed by atoms with Crippen LogP contribution >= 0.6 is 0 Å². The number of carbonyl (C=O) groups is 1. The second-order valence-electron chi connectivity index (χ2n) is 5.20. The Morgan fingerprint density at radius 1 is 1.17 bits per heavy atom. The quantitative estimate of drug-likeness (QED) is 0.868. The normalized spacial score (nSPS) is 13.9. The molecule has 120 valence electrons. The fourth-order valence-electron chi connectivity index (χ4n) is 2.13. The van der Waals surface area contributed by atoms with E-state index in [4.69, 9.17) is 8.92 Å². The first kappa shape index (κ1) is 15.5. The standard InChI is InChI=1S/C16H15NO5S/c1-11-2-5-13(6-3-11)23(19,20)22-9-12-4-7-14-15(8-12)21-10-16(18)17-14/h2-8H,9-10H2,1H3,(H,17,18). The average Bonchev–Trinajstić information content (AvgIpc) is 2.53. The van der Waals surface area contributed by atoms with E-state index >= 15 is 0 Å². The van der Waals surface area contributed by atoms with Crippen LogP contribution < -0.4 is 10.1 Å². The van der Waals surface area contributed by atoms with E-state index in [1.54, 1.807) is 30.3 Å². The number of hydrogen-bond acceptors (Lipinski definition) is 5. The molecule has 0 radical (unpaired) electrons. The minimum atomic E-state index is -3.82. The maximum atomic E-state index is 12.1. The highest BCUT2D eigenvalue weighted by molar-refractivity contribution is 7.86. The lowest BCUT2D eigenvalue weighted by molar-refractivity contribution is -0.118. The van der Waals surface area contributed by atoms with Gasteiger partial charge in [0.05, 0.1) is 17.2 Å². The van der Waals surface area contributed by atoms with Gasteiger partial charge in [-0.05, 0) is 36.8 Å². The Kier molecular flexibility index (Phi) is 4.06. The molecular formula is C16H15NO5S. The second-order valence-corrected chi connectivity index (χ2v) is 6.81. The predicted octanol–water partition coefficient (Wildman–Crippen LogP) is 2.23. The summed E-state index contributed by atoms with van der Waals surface area (Å²) in [4.78, 5) is 11.3. The van der Waals surface area contributed by atoms with Crippen LogP contribution in [0.15, 0.2) is 47.4 Å². The Balaban J connectivity index is 1.73. The summed E-state index contributed by atoms with van der Waals surface area (Å²) >= 11 is 0. The van der Waals surface area contributed by atoms with Gasteiger partial charge in [0, 0.05) is 0 Å². The van der Waals surface area contributed by atoms with Crippen molar-refractivity contribution in [2.75, 3.05) is 11.9 Å². The summed E-state index contributed by atoms with van der Waals surface area (Å²) in [6.07, 6.45) is 0. The van der Waals surface area contributed by atoms with Crippen LogP contribution in [0, 0.1) is 6.92 Å². The van der Waals surface area contributed by atoms with Crippen molar-refractivity contribution in [1.29, 1.82) is 0 Å². The molecule has 0 spiro atoms. The van der Waals surface area contributed by atoms with Crippen molar-refractivity contribution in [1.82, 2.24) is 0 Å². The molecule has 7 heteroatoms. The van der Waals surface area contributed by atoms with E-state index in [2.05, 4.69) is 5.32 Å². The number of carbonyl (C=O) groups excluding carboxylic acids is 1. The Hall–Kier alpha value is -2.38. The SMILES string of the molecule is Cc1ccc(S(=O)(=O)OCc2ccc3c(c2)OCC(=O)N3)cc1. The molecule has 1 aliphatic rings. The largest absolute Gasteiger partial charge is 0.482 e. The molecule has 1 amide bonds. The molecule has 1 N–H and O–H groups in total. The highest BCUT2D eigenvalue weighted by Crippen LogP contribution is 2.29. The van der Waals surface area contributed by atoms with E-state index in [1.165, 1.54) is 12.1 Å². The Morgan fingerprint density at radius 2 is 1.91 bits per heavy atom. The van der Waals surface area contributed by atoms with Crippen molar-refractivity contribution in [2.24, 2.45) is 0 Å². The summed E-state index contributed by atoms with van der Waals surface area (Å²) in [5.74, 6) is 0.280. The van der Waals surface area contributed by atoms with E-state index in [0.29, 0.717) is 17.0 Å². The van der Waals surface area contributed by atoms with Gasteiger partial charge in [0.15, 0.2) is 6.61 Å². The third-order valence-corrected chi connectivity index (χ3v) is 4.65. The van der Waals surface area contributed by atoms with Gasteiger partial charge in [0.25, 0.3) is 16.0 Å². The van der Waals surface area contributed by atoms with Crippen molar-refractivity contribution in [3.05, 3.63) is 53.6 Å². The molecule has 2 aromatic rings. The van der Waals surface area contributed by atoms with Crippen LogP contribution in [0.5, 0.6) is 5.75 Å². The molecule has 0 bridgehead atoms. The van der Waals surface area contributed by atoms with Gasteiger partial charge in [-0.2, -0.15) is 8.42 Å². The van der Waals surface area contributed by atoms with E-state index < -0.39 is 10.1 Å². The maximum Gasteiger partial charge on any atom is 0.297 e. The van der Waals surface area contributed by atoms with Gasteiger partial charge in [-0.15, -0.1) is 0 Å². The molecule has 1 heterocycles. The van der Waals surface area contributed by atoms with E-state index in [-0.39, 0.29) is 24.0 Å². The second kappa shape index (κ2) is 6.02. The van der Waals surface area contributed by atoms with Crippen molar-refractivity contribution >= 4 is 21.7 Å². The number of hydrogen-bond donors (Lipinski definition) is 1. The van der Waals surface area contributed by atoms with Crippen molar-refractivity contribution in [3.63, 3.8) is 0 Å². The van der Waals surface area contributed by atoms with Crippen LogP contribution in [0.2, 0.25) is 0 Å². The zero-order valence-corrected chi connectivity index (χ0v) is 13.2. The van der Waals surface area contributed by atoms with Crippen LogP contribution in [-0.2, 0) is 25.7 Å². The maximum absolute atomic E-state index is 12.1. The smallest absolute Gasteiger partial charge is 0.297 e. The molecule has 0 saturated heterocycles. The molecule has 0 aromatic heterocycles. The third-order valence-electron chi connectivity index (χ3n) is 3.37. The summed E-state index contributed by atoms with van der Waals surface area (Å²) in [6, 6.07) is 11.4. The number of rotatable bonds is 4. The number of nitrogens with one attached hydrogen (secondary N) is 1. The fraction of sp³-hybridized carbons (Fsp3) is 0.188. The van der Waals surface area contributed by atoms with Crippen molar-refractivity contribution in [3.8, 4) is 5.75 Å². The minimum Gasteiger partial charge on any atom is -0.482 e. The first-order valence-electron chi connectivity index (χ1n) is 6.96. The molecule has 23 heavy (non-hydrogen) atoms. The molecule has 6 nitrogen and oxygen atoms in total. The van der Waals surface area contributed by atoms with Gasteiger partial charge >= 0.3 is 0 Å². The number of fused-ring (bicyclic) bond motifs is 1. The van der Waals surface area contributed by atoms with Gasteiger partial charge in [-0.25, -0.2) is 0 Å². The van der Waals surface area contributed by atoms with Gasteiger partial charge in [-0.1, -0.05) is 23.8 Å². The Labute approximate surface area is 134 Å². The molecule has 0 aliphatic carbocycles. The van der Waals surface area contributed by atoms with Crippen LogP contribution in [0.25, 0.3) is 0 Å².